The molecule has 0 spiro atoms. The minimum absolute atomic E-state index is 0.0414. The van der Waals surface area contributed by atoms with Gasteiger partial charge >= 0.3 is 0 Å². The number of amides is 2. The Bertz CT molecular complexity index is 1040. The standard InChI is InChI=1S/C27H36ClN3O2S/c1-17-7-5-6-14-31(17)16-23(32)30-26-24(25(33)29-20-11-9-19(28)10-12-20)21-13-8-18(27(2,3)4)15-22(21)34-26/h9-12,17-18H,5-8,13-16H2,1-4H3,(H,29,33)(H,30,32)/t17-,18+/m1/s1. The summed E-state index contributed by atoms with van der Waals surface area (Å²) in [7, 11) is 0. The number of carbonyl (C=O) groups is 2. The monoisotopic (exact) mass is 501 g/mol. The molecule has 0 unspecified atom stereocenters. The van der Waals surface area contributed by atoms with E-state index in [4.69, 9.17) is 11.6 Å². The van der Waals surface area contributed by atoms with E-state index in [1.165, 1.54) is 11.3 Å². The molecule has 0 bridgehead atoms. The third-order valence-electron chi connectivity index (χ3n) is 7.36. The fraction of sp³-hybridized carbons (Fsp3) is 0.556. The Labute approximate surface area is 212 Å². The van der Waals surface area contributed by atoms with Crippen LogP contribution >= 0.6 is 22.9 Å². The zero-order valence-electron chi connectivity index (χ0n) is 20.7. The Hall–Kier alpha value is -1.89. The van der Waals surface area contributed by atoms with Crippen molar-refractivity contribution in [2.75, 3.05) is 23.7 Å². The van der Waals surface area contributed by atoms with Gasteiger partial charge in [0.05, 0.1) is 12.1 Å². The number of piperidine rings is 1. The van der Waals surface area contributed by atoms with E-state index in [1.807, 2.05) is 0 Å². The molecule has 2 aliphatic rings. The molecule has 2 N–H and O–H groups in total. The van der Waals surface area contributed by atoms with Crippen LogP contribution in [0, 0.1) is 11.3 Å². The summed E-state index contributed by atoms with van der Waals surface area (Å²) in [6, 6.07) is 7.53. The van der Waals surface area contributed by atoms with Gasteiger partial charge in [0.2, 0.25) is 5.91 Å². The van der Waals surface area contributed by atoms with E-state index in [2.05, 4.69) is 43.2 Å². The zero-order valence-corrected chi connectivity index (χ0v) is 22.2. The highest BCUT2D eigenvalue weighted by Crippen LogP contribution is 2.44. The second-order valence-corrected chi connectivity index (χ2v) is 12.4. The fourth-order valence-corrected chi connectivity index (χ4v) is 6.59. The van der Waals surface area contributed by atoms with Crippen LogP contribution in [-0.2, 0) is 17.6 Å². The Kier molecular flexibility index (Phi) is 7.70. The molecule has 2 amide bonds. The first-order valence-corrected chi connectivity index (χ1v) is 13.6. The minimum Gasteiger partial charge on any atom is -0.322 e. The van der Waals surface area contributed by atoms with Crippen molar-refractivity contribution in [2.24, 2.45) is 11.3 Å². The van der Waals surface area contributed by atoms with E-state index in [-0.39, 0.29) is 17.2 Å². The first kappa shape index (κ1) is 25.2. The first-order valence-electron chi connectivity index (χ1n) is 12.4. The minimum atomic E-state index is -0.171. The molecule has 1 fully saturated rings. The number of rotatable bonds is 5. The maximum Gasteiger partial charge on any atom is 0.258 e. The van der Waals surface area contributed by atoms with Gasteiger partial charge in [0.15, 0.2) is 0 Å². The van der Waals surface area contributed by atoms with E-state index >= 15 is 0 Å². The number of likely N-dealkylation sites (tertiary alicyclic amines) is 1. The number of anilines is 2. The van der Waals surface area contributed by atoms with Crippen molar-refractivity contribution >= 4 is 45.4 Å². The number of benzene rings is 1. The number of carbonyl (C=O) groups excluding carboxylic acids is 2. The van der Waals surface area contributed by atoms with Crippen LogP contribution in [0.3, 0.4) is 0 Å². The molecule has 1 saturated heterocycles. The van der Waals surface area contributed by atoms with Crippen LogP contribution in [0.25, 0.3) is 0 Å². The summed E-state index contributed by atoms with van der Waals surface area (Å²) in [4.78, 5) is 30.0. The van der Waals surface area contributed by atoms with Gasteiger partial charge in [0.25, 0.3) is 5.91 Å². The highest BCUT2D eigenvalue weighted by molar-refractivity contribution is 7.17. The summed E-state index contributed by atoms with van der Waals surface area (Å²) in [6.45, 7) is 10.4. The highest BCUT2D eigenvalue weighted by atomic mass is 35.5. The van der Waals surface area contributed by atoms with Gasteiger partial charge in [-0.2, -0.15) is 0 Å². The second-order valence-electron chi connectivity index (χ2n) is 10.8. The van der Waals surface area contributed by atoms with Crippen molar-refractivity contribution in [3.05, 3.63) is 45.3 Å². The summed E-state index contributed by atoms with van der Waals surface area (Å²) < 4.78 is 0. The largest absolute Gasteiger partial charge is 0.322 e. The predicted molar refractivity (Wildman–Crippen MR) is 142 cm³/mol. The summed E-state index contributed by atoms with van der Waals surface area (Å²) in [5.74, 6) is 0.347. The quantitative estimate of drug-likeness (QED) is 0.484. The van der Waals surface area contributed by atoms with Gasteiger partial charge in [0.1, 0.15) is 5.00 Å². The van der Waals surface area contributed by atoms with Crippen molar-refractivity contribution < 1.29 is 9.59 Å². The lowest BCUT2D eigenvalue weighted by molar-refractivity contribution is -0.118. The molecule has 1 aliphatic heterocycles. The molecule has 2 aromatic rings. The Morgan fingerprint density at radius 1 is 1.12 bits per heavy atom. The van der Waals surface area contributed by atoms with E-state index in [0.717, 1.165) is 44.2 Å². The lowest BCUT2D eigenvalue weighted by atomic mass is 9.72. The molecule has 1 aromatic carbocycles. The average Bonchev–Trinajstić information content (AvgIpc) is 3.13. The Balaban J connectivity index is 1.59. The Morgan fingerprint density at radius 2 is 1.85 bits per heavy atom. The Morgan fingerprint density at radius 3 is 2.53 bits per heavy atom. The maximum atomic E-state index is 13.5. The molecule has 184 valence electrons. The second kappa shape index (κ2) is 10.4. The zero-order chi connectivity index (χ0) is 24.5. The van der Waals surface area contributed by atoms with E-state index < -0.39 is 0 Å². The molecule has 1 aromatic heterocycles. The van der Waals surface area contributed by atoms with Crippen LogP contribution in [0.15, 0.2) is 24.3 Å². The highest BCUT2D eigenvalue weighted by Gasteiger charge is 2.34. The third kappa shape index (κ3) is 5.84. The van der Waals surface area contributed by atoms with Gasteiger partial charge in [-0.3, -0.25) is 14.5 Å². The van der Waals surface area contributed by atoms with Gasteiger partial charge in [-0.1, -0.05) is 38.8 Å². The molecular formula is C27H36ClN3O2S. The van der Waals surface area contributed by atoms with Crippen molar-refractivity contribution in [1.82, 2.24) is 4.90 Å². The summed E-state index contributed by atoms with van der Waals surface area (Å²) in [5, 5.41) is 7.44. The SMILES string of the molecule is C[C@@H]1CCCCN1CC(=O)Nc1sc2c(c1C(=O)Nc1ccc(Cl)cc1)CC[C@H](C(C)(C)C)C2. The summed E-state index contributed by atoms with van der Waals surface area (Å²) >= 11 is 7.59. The van der Waals surface area contributed by atoms with Gasteiger partial charge in [-0.15, -0.1) is 11.3 Å². The van der Waals surface area contributed by atoms with Gasteiger partial charge in [-0.05, 0) is 86.7 Å². The summed E-state index contributed by atoms with van der Waals surface area (Å²) in [5.41, 5.74) is 2.62. The number of nitrogens with one attached hydrogen (secondary N) is 2. The third-order valence-corrected chi connectivity index (χ3v) is 8.78. The van der Waals surface area contributed by atoms with E-state index in [0.29, 0.717) is 39.8 Å². The maximum absolute atomic E-state index is 13.5. The van der Waals surface area contributed by atoms with Crippen LogP contribution in [0.4, 0.5) is 10.7 Å². The van der Waals surface area contributed by atoms with Crippen LogP contribution in [0.5, 0.6) is 0 Å². The lowest BCUT2D eigenvalue weighted by Gasteiger charge is -2.33. The molecule has 4 rings (SSSR count). The number of hydrogen-bond acceptors (Lipinski definition) is 4. The molecule has 7 heteroatoms. The number of nitrogens with zero attached hydrogens (tertiary/aromatic N) is 1. The van der Waals surface area contributed by atoms with Gasteiger partial charge in [-0.25, -0.2) is 0 Å². The smallest absolute Gasteiger partial charge is 0.258 e. The van der Waals surface area contributed by atoms with Gasteiger partial charge < -0.3 is 10.6 Å². The molecule has 0 saturated carbocycles. The molecule has 0 radical (unpaired) electrons. The van der Waals surface area contributed by atoms with E-state index in [9.17, 15) is 9.59 Å². The average molecular weight is 502 g/mol. The molecule has 2 heterocycles. The van der Waals surface area contributed by atoms with Crippen LogP contribution in [-0.4, -0.2) is 35.8 Å². The van der Waals surface area contributed by atoms with Crippen molar-refractivity contribution in [2.45, 2.75) is 72.3 Å². The van der Waals surface area contributed by atoms with Crippen LogP contribution in [0.1, 0.15) is 74.2 Å². The predicted octanol–water partition coefficient (Wildman–Crippen LogP) is 6.62. The normalized spacial score (nSPS) is 21.1. The lowest BCUT2D eigenvalue weighted by Crippen LogP contribution is -2.42. The number of thiophene rings is 1. The topological polar surface area (TPSA) is 61.4 Å². The first-order chi connectivity index (χ1) is 16.1. The van der Waals surface area contributed by atoms with Crippen LogP contribution < -0.4 is 10.6 Å². The van der Waals surface area contributed by atoms with Gasteiger partial charge in [0, 0.05) is 21.6 Å². The molecule has 2 atom stereocenters. The number of fused-ring (bicyclic) bond motifs is 1. The molecular weight excluding hydrogens is 466 g/mol. The fourth-order valence-electron chi connectivity index (χ4n) is 5.12. The van der Waals surface area contributed by atoms with Crippen LogP contribution in [0.2, 0.25) is 5.02 Å². The molecule has 5 nitrogen and oxygen atoms in total. The molecule has 1 aliphatic carbocycles. The molecule has 34 heavy (non-hydrogen) atoms. The van der Waals surface area contributed by atoms with E-state index in [1.54, 1.807) is 35.6 Å². The number of hydrogen-bond donors (Lipinski definition) is 2. The van der Waals surface area contributed by atoms with Crippen molar-refractivity contribution in [3.63, 3.8) is 0 Å². The van der Waals surface area contributed by atoms with Crippen molar-refractivity contribution in [1.29, 1.82) is 0 Å². The van der Waals surface area contributed by atoms with Crippen molar-refractivity contribution in [3.8, 4) is 0 Å². The summed E-state index contributed by atoms with van der Waals surface area (Å²) in [6.07, 6.45) is 6.34. The number of halogens is 1.